The maximum atomic E-state index is 13.2. The van der Waals surface area contributed by atoms with Crippen molar-refractivity contribution < 1.29 is 9.13 Å². The van der Waals surface area contributed by atoms with Crippen molar-refractivity contribution in [2.24, 2.45) is 7.05 Å². The van der Waals surface area contributed by atoms with Gasteiger partial charge in [-0.3, -0.25) is 0 Å². The molecule has 1 fully saturated rings. The highest BCUT2D eigenvalue weighted by atomic mass is 19.1. The molecule has 1 aromatic carbocycles. The third kappa shape index (κ3) is 2.11. The smallest absolute Gasteiger partial charge is 0.125 e. The van der Waals surface area contributed by atoms with E-state index < -0.39 is 0 Å². The number of fused-ring (bicyclic) bond motifs is 1. The van der Waals surface area contributed by atoms with Gasteiger partial charge in [0, 0.05) is 32.6 Å². The van der Waals surface area contributed by atoms with Crippen LogP contribution in [0.25, 0.3) is 11.0 Å². The summed E-state index contributed by atoms with van der Waals surface area (Å²) in [6.07, 6.45) is 0.902. The Kier molecular flexibility index (Phi) is 3.01. The van der Waals surface area contributed by atoms with E-state index in [9.17, 15) is 4.39 Å². The number of aryl methyl sites for hydroxylation is 1. The lowest BCUT2D eigenvalue weighted by Gasteiger charge is -2.23. The first-order valence-corrected chi connectivity index (χ1v) is 6.17. The van der Waals surface area contributed by atoms with Gasteiger partial charge in [-0.2, -0.15) is 0 Å². The minimum absolute atomic E-state index is 0.152. The highest BCUT2D eigenvalue weighted by molar-refractivity contribution is 5.75. The lowest BCUT2D eigenvalue weighted by molar-refractivity contribution is 0.0277. The van der Waals surface area contributed by atoms with E-state index in [2.05, 4.69) is 10.3 Å². The van der Waals surface area contributed by atoms with Gasteiger partial charge in [-0.25, -0.2) is 9.37 Å². The zero-order valence-corrected chi connectivity index (χ0v) is 10.3. The summed E-state index contributed by atoms with van der Waals surface area (Å²) in [4.78, 5) is 4.48. The van der Waals surface area contributed by atoms with Gasteiger partial charge in [0.05, 0.1) is 23.7 Å². The molecule has 0 aliphatic carbocycles. The number of nitrogens with one attached hydrogen (secondary N) is 1. The quantitative estimate of drug-likeness (QED) is 0.870. The Morgan fingerprint density at radius 1 is 1.56 bits per heavy atom. The number of aromatic nitrogens is 2. The zero-order chi connectivity index (χ0) is 12.5. The summed E-state index contributed by atoms with van der Waals surface area (Å²) >= 11 is 0. The SMILES string of the molecule is Cn1c(CC2CNCCO2)nc2cc(F)ccc21. The monoisotopic (exact) mass is 249 g/mol. The number of halogens is 1. The van der Waals surface area contributed by atoms with Crippen LogP contribution in [-0.4, -0.2) is 35.4 Å². The zero-order valence-electron chi connectivity index (χ0n) is 10.3. The van der Waals surface area contributed by atoms with Crippen LogP contribution < -0.4 is 5.32 Å². The number of nitrogens with zero attached hydrogens (tertiary/aromatic N) is 2. The molecule has 3 rings (SSSR count). The van der Waals surface area contributed by atoms with E-state index in [4.69, 9.17) is 4.74 Å². The molecule has 1 N–H and O–H groups in total. The Bertz CT molecular complexity index is 561. The number of ether oxygens (including phenoxy) is 1. The molecule has 1 aliphatic rings. The molecule has 4 nitrogen and oxygen atoms in total. The highest BCUT2D eigenvalue weighted by Gasteiger charge is 2.17. The molecule has 0 bridgehead atoms. The maximum absolute atomic E-state index is 13.2. The first kappa shape index (κ1) is 11.6. The molecule has 2 heterocycles. The van der Waals surface area contributed by atoms with Crippen LogP contribution in [0.3, 0.4) is 0 Å². The van der Waals surface area contributed by atoms with E-state index in [1.54, 1.807) is 6.07 Å². The topological polar surface area (TPSA) is 39.1 Å². The second kappa shape index (κ2) is 4.66. The Balaban J connectivity index is 1.89. The largest absolute Gasteiger partial charge is 0.375 e. The number of hydrogen-bond donors (Lipinski definition) is 1. The van der Waals surface area contributed by atoms with Gasteiger partial charge in [-0.1, -0.05) is 0 Å². The van der Waals surface area contributed by atoms with Crippen molar-refractivity contribution in [3.63, 3.8) is 0 Å². The summed E-state index contributed by atoms with van der Waals surface area (Å²) in [5, 5.41) is 3.30. The van der Waals surface area contributed by atoms with Crippen LogP contribution in [0.15, 0.2) is 18.2 Å². The fourth-order valence-electron chi connectivity index (χ4n) is 2.36. The third-order valence-electron chi connectivity index (χ3n) is 3.35. The first-order chi connectivity index (χ1) is 8.74. The van der Waals surface area contributed by atoms with Crippen molar-refractivity contribution in [3.8, 4) is 0 Å². The molecule has 0 spiro atoms. The van der Waals surface area contributed by atoms with Crippen LogP contribution in [0.4, 0.5) is 4.39 Å². The second-order valence-corrected chi connectivity index (χ2v) is 4.62. The lowest BCUT2D eigenvalue weighted by Crippen LogP contribution is -2.40. The maximum Gasteiger partial charge on any atom is 0.125 e. The Hall–Kier alpha value is -1.46. The average Bonchev–Trinajstić information content (AvgIpc) is 2.67. The molecule has 0 amide bonds. The van der Waals surface area contributed by atoms with Crippen molar-refractivity contribution in [1.82, 2.24) is 14.9 Å². The van der Waals surface area contributed by atoms with Crippen molar-refractivity contribution in [3.05, 3.63) is 29.8 Å². The molecule has 1 saturated heterocycles. The number of hydrogen-bond acceptors (Lipinski definition) is 3. The van der Waals surface area contributed by atoms with Gasteiger partial charge in [0.15, 0.2) is 0 Å². The second-order valence-electron chi connectivity index (χ2n) is 4.62. The van der Waals surface area contributed by atoms with Crippen LogP contribution in [0, 0.1) is 5.82 Å². The van der Waals surface area contributed by atoms with Gasteiger partial charge < -0.3 is 14.6 Å². The van der Waals surface area contributed by atoms with E-state index in [0.29, 0.717) is 5.52 Å². The van der Waals surface area contributed by atoms with E-state index in [1.165, 1.54) is 12.1 Å². The van der Waals surface area contributed by atoms with Crippen molar-refractivity contribution in [2.45, 2.75) is 12.5 Å². The molecule has 1 atom stereocenters. The van der Waals surface area contributed by atoms with Gasteiger partial charge in [-0.15, -0.1) is 0 Å². The standard InChI is InChI=1S/C13H16FN3O/c1-17-12-3-2-9(14)6-11(12)16-13(17)7-10-8-15-4-5-18-10/h2-3,6,10,15H,4-5,7-8H2,1H3. The predicted molar refractivity (Wildman–Crippen MR) is 67.0 cm³/mol. The van der Waals surface area contributed by atoms with Crippen molar-refractivity contribution in [1.29, 1.82) is 0 Å². The number of imidazole rings is 1. The van der Waals surface area contributed by atoms with Crippen LogP contribution >= 0.6 is 0 Å². The van der Waals surface area contributed by atoms with Crippen LogP contribution in [0.1, 0.15) is 5.82 Å². The fourth-order valence-corrected chi connectivity index (χ4v) is 2.36. The van der Waals surface area contributed by atoms with E-state index >= 15 is 0 Å². The lowest BCUT2D eigenvalue weighted by atomic mass is 10.2. The minimum Gasteiger partial charge on any atom is -0.375 e. The highest BCUT2D eigenvalue weighted by Crippen LogP contribution is 2.17. The van der Waals surface area contributed by atoms with Crippen molar-refractivity contribution in [2.75, 3.05) is 19.7 Å². The molecule has 18 heavy (non-hydrogen) atoms. The van der Waals surface area contributed by atoms with Crippen LogP contribution in [0.5, 0.6) is 0 Å². The van der Waals surface area contributed by atoms with E-state index in [1.807, 2.05) is 11.6 Å². The molecule has 1 aliphatic heterocycles. The normalized spacial score (nSPS) is 20.4. The fraction of sp³-hybridized carbons (Fsp3) is 0.462. The first-order valence-electron chi connectivity index (χ1n) is 6.17. The Morgan fingerprint density at radius 2 is 2.44 bits per heavy atom. The van der Waals surface area contributed by atoms with Gasteiger partial charge in [-0.05, 0) is 12.1 Å². The molecule has 0 radical (unpaired) electrons. The molecule has 1 unspecified atom stereocenters. The van der Waals surface area contributed by atoms with Crippen LogP contribution in [0.2, 0.25) is 0 Å². The van der Waals surface area contributed by atoms with Crippen LogP contribution in [-0.2, 0) is 18.2 Å². The molecular formula is C13H16FN3O. The van der Waals surface area contributed by atoms with Gasteiger partial charge >= 0.3 is 0 Å². The summed E-state index contributed by atoms with van der Waals surface area (Å²) in [5.41, 5.74) is 1.66. The van der Waals surface area contributed by atoms with Gasteiger partial charge in [0.1, 0.15) is 11.6 Å². The van der Waals surface area contributed by atoms with E-state index in [0.717, 1.165) is 37.5 Å². The van der Waals surface area contributed by atoms with Gasteiger partial charge in [0.25, 0.3) is 0 Å². The molecule has 1 aromatic heterocycles. The average molecular weight is 249 g/mol. The van der Waals surface area contributed by atoms with E-state index in [-0.39, 0.29) is 11.9 Å². The minimum atomic E-state index is -0.247. The number of rotatable bonds is 2. The summed E-state index contributed by atoms with van der Waals surface area (Å²) in [5.74, 6) is 0.687. The molecule has 0 saturated carbocycles. The molecule has 5 heteroatoms. The van der Waals surface area contributed by atoms with Crippen molar-refractivity contribution >= 4 is 11.0 Å². The van der Waals surface area contributed by atoms with Gasteiger partial charge in [0.2, 0.25) is 0 Å². The number of benzene rings is 1. The summed E-state index contributed by atoms with van der Waals surface area (Å²) in [6, 6.07) is 4.70. The molecule has 96 valence electrons. The Labute approximate surface area is 105 Å². The predicted octanol–water partition coefficient (Wildman–Crippen LogP) is 1.24. The third-order valence-corrected chi connectivity index (χ3v) is 3.35. The number of morpholine rings is 1. The summed E-state index contributed by atoms with van der Waals surface area (Å²) < 4.78 is 20.8. The summed E-state index contributed by atoms with van der Waals surface area (Å²) in [7, 11) is 1.96. The Morgan fingerprint density at radius 3 is 3.22 bits per heavy atom. The molecular weight excluding hydrogens is 233 g/mol. The summed E-state index contributed by atoms with van der Waals surface area (Å²) in [6.45, 7) is 2.49. The molecule has 2 aromatic rings.